The number of nitriles is 2. The number of rotatable bonds is 2. The SMILES string of the molecule is CC1(C)CC[C@]2(NS(C)(=O)=O)CC[C@]3(C)C(C(=O)C=C4[C@@H]3CCCC3[C@](C)(C#N)C(=O)C(C#N)=C[C@]43C)C2C1. The Labute approximate surface area is 233 Å². The van der Waals surface area contributed by atoms with Crippen molar-refractivity contribution < 1.29 is 18.0 Å². The van der Waals surface area contributed by atoms with Crippen molar-refractivity contribution in [1.29, 1.82) is 10.5 Å². The predicted octanol–water partition coefficient (Wildman–Crippen LogP) is 5.01. The number of nitrogens with one attached hydrogen (secondary N) is 1. The van der Waals surface area contributed by atoms with Crippen LogP contribution in [-0.4, -0.2) is 31.8 Å². The van der Waals surface area contributed by atoms with Gasteiger partial charge in [-0.25, -0.2) is 13.1 Å². The van der Waals surface area contributed by atoms with Gasteiger partial charge in [-0.3, -0.25) is 9.59 Å². The normalized spacial score (nSPS) is 45.1. The molecule has 3 unspecified atom stereocenters. The first kappa shape index (κ1) is 28.2. The minimum absolute atomic E-state index is 0.000819. The largest absolute Gasteiger partial charge is 0.295 e. The van der Waals surface area contributed by atoms with Gasteiger partial charge in [0.2, 0.25) is 10.0 Å². The Hall–Kier alpha value is -2.29. The predicted molar refractivity (Wildman–Crippen MR) is 147 cm³/mol. The van der Waals surface area contributed by atoms with Crippen LogP contribution in [0.1, 0.15) is 86.0 Å². The molecule has 3 fully saturated rings. The van der Waals surface area contributed by atoms with Crippen LogP contribution in [0.2, 0.25) is 0 Å². The lowest BCUT2D eigenvalue weighted by molar-refractivity contribution is -0.142. The fourth-order valence-electron chi connectivity index (χ4n) is 9.79. The highest BCUT2D eigenvalue weighted by Crippen LogP contribution is 2.67. The molecule has 8 atom stereocenters. The summed E-state index contributed by atoms with van der Waals surface area (Å²) in [6.07, 6.45) is 10.9. The quantitative estimate of drug-likeness (QED) is 0.514. The summed E-state index contributed by atoms with van der Waals surface area (Å²) in [6, 6.07) is 4.32. The number of nitrogens with zero attached hydrogens (tertiary/aromatic N) is 2. The Morgan fingerprint density at radius 2 is 1.67 bits per heavy atom. The van der Waals surface area contributed by atoms with Crippen molar-refractivity contribution in [2.75, 3.05) is 6.26 Å². The van der Waals surface area contributed by atoms with Gasteiger partial charge < -0.3 is 0 Å². The van der Waals surface area contributed by atoms with E-state index in [4.69, 9.17) is 0 Å². The number of carbonyl (C=O) groups is 2. The maximum Gasteiger partial charge on any atom is 0.209 e. The molecule has 3 saturated carbocycles. The molecule has 7 nitrogen and oxygen atoms in total. The molecule has 0 saturated heterocycles. The molecule has 0 aromatic carbocycles. The van der Waals surface area contributed by atoms with Gasteiger partial charge in [0.1, 0.15) is 11.5 Å². The first-order chi connectivity index (χ1) is 18.0. The standard InChI is InChI=1S/C31H41N3O4S/c1-27(2)10-12-31(34-39(6,37)38)13-11-28(3)20-8-7-9-24-29(4,15-19(17-32)26(36)30(24,5)18-33)21(20)14-23(35)25(28)22(31)16-27/h14-15,20,22,24-25,34H,7-13,16H2,1-6H3/t20-,22?,24?,25?,28-,29+,30-,31-/m0/s1. The van der Waals surface area contributed by atoms with Gasteiger partial charge in [0, 0.05) is 16.9 Å². The van der Waals surface area contributed by atoms with E-state index in [-0.39, 0.29) is 45.9 Å². The van der Waals surface area contributed by atoms with Crippen LogP contribution in [0, 0.1) is 68.0 Å². The van der Waals surface area contributed by atoms with Crippen LogP contribution >= 0.6 is 0 Å². The molecule has 0 amide bonds. The average molecular weight is 552 g/mol. The van der Waals surface area contributed by atoms with Crippen molar-refractivity contribution in [1.82, 2.24) is 4.72 Å². The van der Waals surface area contributed by atoms with E-state index in [1.54, 1.807) is 19.1 Å². The molecule has 5 aliphatic rings. The van der Waals surface area contributed by atoms with Gasteiger partial charge >= 0.3 is 0 Å². The zero-order chi connectivity index (χ0) is 28.8. The zero-order valence-corrected chi connectivity index (χ0v) is 24.9. The van der Waals surface area contributed by atoms with E-state index in [0.717, 1.165) is 44.1 Å². The van der Waals surface area contributed by atoms with E-state index in [1.807, 2.05) is 6.92 Å². The number of allylic oxidation sites excluding steroid dienone is 4. The van der Waals surface area contributed by atoms with Crippen molar-refractivity contribution in [2.24, 2.45) is 45.3 Å². The number of fused-ring (bicyclic) bond motifs is 7. The molecular weight excluding hydrogens is 510 g/mol. The Balaban J connectivity index is 1.69. The molecule has 0 bridgehead atoms. The van der Waals surface area contributed by atoms with E-state index in [9.17, 15) is 28.5 Å². The number of Topliss-reactive ketones (excluding diaryl/α,β-unsaturated/α-hetero) is 1. The molecule has 0 aliphatic heterocycles. The molecule has 0 radical (unpaired) electrons. The first-order valence-electron chi connectivity index (χ1n) is 14.3. The zero-order valence-electron chi connectivity index (χ0n) is 24.1. The molecule has 0 aromatic rings. The topological polar surface area (TPSA) is 128 Å². The molecule has 5 aliphatic carbocycles. The number of ketones is 2. The second-order valence-corrected chi connectivity index (χ2v) is 16.4. The lowest BCUT2D eigenvalue weighted by Crippen LogP contribution is -2.67. The number of hydrogen-bond acceptors (Lipinski definition) is 6. The van der Waals surface area contributed by atoms with Gasteiger partial charge in [-0.1, -0.05) is 45.8 Å². The lowest BCUT2D eigenvalue weighted by Gasteiger charge is -2.63. The van der Waals surface area contributed by atoms with Gasteiger partial charge in [-0.15, -0.1) is 0 Å². The molecule has 5 rings (SSSR count). The summed E-state index contributed by atoms with van der Waals surface area (Å²) in [5, 5.41) is 20.1. The summed E-state index contributed by atoms with van der Waals surface area (Å²) in [6.45, 7) is 10.3. The first-order valence-corrected chi connectivity index (χ1v) is 16.2. The van der Waals surface area contributed by atoms with Gasteiger partial charge in [-0.2, -0.15) is 10.5 Å². The smallest absolute Gasteiger partial charge is 0.209 e. The molecule has 39 heavy (non-hydrogen) atoms. The Morgan fingerprint density at radius 1 is 1.00 bits per heavy atom. The summed E-state index contributed by atoms with van der Waals surface area (Å²) < 4.78 is 28.2. The Morgan fingerprint density at radius 3 is 2.28 bits per heavy atom. The van der Waals surface area contributed by atoms with E-state index in [2.05, 4.69) is 37.6 Å². The Kier molecular flexibility index (Phi) is 6.23. The summed E-state index contributed by atoms with van der Waals surface area (Å²) in [7, 11) is -3.48. The van der Waals surface area contributed by atoms with Crippen molar-refractivity contribution in [3.05, 3.63) is 23.3 Å². The van der Waals surface area contributed by atoms with Crippen LogP contribution in [-0.2, 0) is 19.6 Å². The summed E-state index contributed by atoms with van der Waals surface area (Å²) >= 11 is 0. The van der Waals surface area contributed by atoms with E-state index < -0.39 is 32.2 Å². The summed E-state index contributed by atoms with van der Waals surface area (Å²) in [5.41, 5.74) is -2.15. The third-order valence-corrected chi connectivity index (χ3v) is 12.4. The number of sulfonamides is 1. The van der Waals surface area contributed by atoms with Gasteiger partial charge in [-0.05, 0) is 86.5 Å². The molecule has 1 N–H and O–H groups in total. The molecule has 210 valence electrons. The minimum Gasteiger partial charge on any atom is -0.295 e. The minimum atomic E-state index is -3.48. The van der Waals surface area contributed by atoms with E-state index in [1.165, 1.54) is 6.26 Å². The van der Waals surface area contributed by atoms with Gasteiger partial charge in [0.15, 0.2) is 11.6 Å². The van der Waals surface area contributed by atoms with Crippen LogP contribution in [0.4, 0.5) is 0 Å². The summed E-state index contributed by atoms with van der Waals surface area (Å²) in [4.78, 5) is 27.6. The van der Waals surface area contributed by atoms with E-state index >= 15 is 0 Å². The van der Waals surface area contributed by atoms with Gasteiger partial charge in [0.05, 0.1) is 17.9 Å². The Bertz CT molecular complexity index is 1400. The maximum absolute atomic E-state index is 14.4. The number of carbonyl (C=O) groups excluding carboxylic acids is 2. The second kappa shape index (κ2) is 8.60. The average Bonchev–Trinajstić information content (AvgIpc) is 2.98. The van der Waals surface area contributed by atoms with Crippen LogP contribution in [0.15, 0.2) is 23.3 Å². The molecule has 0 spiro atoms. The fourth-order valence-corrected chi connectivity index (χ4v) is 10.9. The van der Waals surface area contributed by atoms with Crippen LogP contribution in [0.5, 0.6) is 0 Å². The molecule has 0 heterocycles. The third-order valence-electron chi connectivity index (χ3n) is 11.7. The van der Waals surface area contributed by atoms with Crippen molar-refractivity contribution >= 4 is 21.6 Å². The highest BCUT2D eigenvalue weighted by atomic mass is 32.2. The third kappa shape index (κ3) is 4.00. The monoisotopic (exact) mass is 551 g/mol. The van der Waals surface area contributed by atoms with E-state index in [0.29, 0.717) is 12.8 Å². The molecule has 8 heteroatoms. The number of hydrogen-bond donors (Lipinski definition) is 1. The second-order valence-electron chi connectivity index (χ2n) is 14.6. The molecular formula is C31H41N3O4S. The van der Waals surface area contributed by atoms with Crippen LogP contribution in [0.25, 0.3) is 0 Å². The van der Waals surface area contributed by atoms with Crippen molar-refractivity contribution in [2.45, 2.75) is 91.5 Å². The van der Waals surface area contributed by atoms with Crippen LogP contribution in [0.3, 0.4) is 0 Å². The van der Waals surface area contributed by atoms with Gasteiger partial charge in [0.25, 0.3) is 0 Å². The highest BCUT2D eigenvalue weighted by molar-refractivity contribution is 7.88. The summed E-state index contributed by atoms with van der Waals surface area (Å²) in [5.74, 6) is -1.11. The fraction of sp³-hybridized carbons (Fsp3) is 0.742. The maximum atomic E-state index is 14.4. The van der Waals surface area contributed by atoms with Crippen molar-refractivity contribution in [3.8, 4) is 12.1 Å². The van der Waals surface area contributed by atoms with Crippen LogP contribution < -0.4 is 4.72 Å². The lowest BCUT2D eigenvalue weighted by atomic mass is 9.42. The van der Waals surface area contributed by atoms with Crippen molar-refractivity contribution in [3.63, 3.8) is 0 Å². The highest BCUT2D eigenvalue weighted by Gasteiger charge is 2.66. The molecule has 0 aromatic heterocycles.